The highest BCUT2D eigenvalue weighted by molar-refractivity contribution is 7.47. The molecule has 0 saturated carbocycles. The molecule has 0 spiro atoms. The van der Waals surface area contributed by atoms with Crippen LogP contribution in [0.5, 0.6) is 0 Å². The summed E-state index contributed by atoms with van der Waals surface area (Å²) < 4.78 is 26.8. The van der Waals surface area contributed by atoms with Gasteiger partial charge in [0.1, 0.15) is 12.7 Å². The van der Waals surface area contributed by atoms with Gasteiger partial charge < -0.3 is 25.2 Å². The number of aliphatic carboxylic acids is 1. The van der Waals surface area contributed by atoms with Gasteiger partial charge in [-0.15, -0.1) is 0 Å². The lowest BCUT2D eigenvalue weighted by Gasteiger charge is -2.18. The summed E-state index contributed by atoms with van der Waals surface area (Å²) in [5.41, 5.74) is 0. The van der Waals surface area contributed by atoms with Crippen molar-refractivity contribution in [3.63, 3.8) is 0 Å². The van der Waals surface area contributed by atoms with Gasteiger partial charge in [-0.05, 0) is 44.9 Å². The first kappa shape index (κ1) is 50.7. The molecule has 0 fully saturated rings. The van der Waals surface area contributed by atoms with Gasteiger partial charge in [0.2, 0.25) is 5.91 Å². The zero-order valence-corrected chi connectivity index (χ0v) is 34.0. The van der Waals surface area contributed by atoms with Crippen LogP contribution in [-0.2, 0) is 32.7 Å². The smallest absolute Gasteiger partial charge is 0.472 e. The lowest BCUT2D eigenvalue weighted by atomic mass is 10.0. The van der Waals surface area contributed by atoms with Crippen molar-refractivity contribution >= 4 is 25.7 Å². The van der Waals surface area contributed by atoms with Gasteiger partial charge in [0, 0.05) is 12.8 Å². The lowest BCUT2D eigenvalue weighted by Crippen LogP contribution is -2.43. The summed E-state index contributed by atoms with van der Waals surface area (Å²) in [5.74, 6) is -2.40. The number of unbranched alkanes of at least 4 members (excludes halogenated alkanes) is 18. The van der Waals surface area contributed by atoms with Crippen LogP contribution in [0.25, 0.3) is 0 Å². The molecule has 0 rings (SSSR count). The van der Waals surface area contributed by atoms with Crippen LogP contribution in [0.2, 0.25) is 0 Å². The molecule has 308 valence electrons. The van der Waals surface area contributed by atoms with Gasteiger partial charge in [-0.25, -0.2) is 9.36 Å². The number of amides is 1. The van der Waals surface area contributed by atoms with E-state index in [0.717, 1.165) is 70.6 Å². The van der Waals surface area contributed by atoms with Crippen LogP contribution in [0.3, 0.4) is 0 Å². The van der Waals surface area contributed by atoms with E-state index in [0.29, 0.717) is 12.8 Å². The van der Waals surface area contributed by atoms with Crippen LogP contribution < -0.4 is 5.32 Å². The summed E-state index contributed by atoms with van der Waals surface area (Å²) in [7, 11) is -4.76. The van der Waals surface area contributed by atoms with Crippen molar-refractivity contribution in [3.05, 3.63) is 36.5 Å². The zero-order valence-electron chi connectivity index (χ0n) is 33.1. The minimum atomic E-state index is -4.76. The summed E-state index contributed by atoms with van der Waals surface area (Å²) in [6.45, 7) is 2.46. The molecule has 0 aromatic heterocycles. The van der Waals surface area contributed by atoms with Crippen molar-refractivity contribution in [3.8, 4) is 0 Å². The van der Waals surface area contributed by atoms with E-state index in [4.69, 9.17) is 13.8 Å². The van der Waals surface area contributed by atoms with Crippen molar-refractivity contribution in [1.82, 2.24) is 5.32 Å². The molecule has 0 aliphatic heterocycles. The fourth-order valence-electron chi connectivity index (χ4n) is 5.51. The SMILES string of the molecule is CC/C=C\C/C=C\C/C=C\CCCCCCCC(=O)NC(COP(=O)(O)OCC(O)COC(=O)CCCCCCCCCCCCCCCC)C(=O)O. The highest BCUT2D eigenvalue weighted by atomic mass is 31.2. The maximum Gasteiger partial charge on any atom is 0.472 e. The van der Waals surface area contributed by atoms with E-state index in [1.54, 1.807) is 0 Å². The molecule has 53 heavy (non-hydrogen) atoms. The fourth-order valence-corrected chi connectivity index (χ4v) is 6.28. The Bertz CT molecular complexity index is 1050. The standard InChI is InChI=1S/C41H74NO10P/c1-3-5-7-9-11-13-15-17-19-20-22-24-26-28-30-32-39(44)42-38(41(46)47)36-52-53(48,49)51-35-37(43)34-50-40(45)33-31-29-27-25-23-21-18-16-14-12-10-8-6-4-2/h5,7,11,13,17,19,37-38,43H,3-4,6,8-10,12,14-16,18,20-36H2,1-2H3,(H,42,44)(H,46,47)(H,48,49)/b7-5-,13-11-,19-17-. The molecule has 0 aliphatic rings. The Morgan fingerprint density at radius 3 is 1.64 bits per heavy atom. The minimum Gasteiger partial charge on any atom is -0.480 e. The van der Waals surface area contributed by atoms with Gasteiger partial charge in [-0.1, -0.05) is 153 Å². The van der Waals surface area contributed by atoms with Crippen molar-refractivity contribution in [2.75, 3.05) is 19.8 Å². The van der Waals surface area contributed by atoms with Gasteiger partial charge in [0.15, 0.2) is 6.04 Å². The summed E-state index contributed by atoms with van der Waals surface area (Å²) in [6, 6.07) is -1.55. The summed E-state index contributed by atoms with van der Waals surface area (Å²) in [5, 5.41) is 21.8. The number of nitrogens with one attached hydrogen (secondary N) is 1. The molecule has 0 saturated heterocycles. The number of carbonyl (C=O) groups is 3. The number of phosphoric ester groups is 1. The van der Waals surface area contributed by atoms with Crippen LogP contribution >= 0.6 is 7.82 Å². The number of ether oxygens (including phenoxy) is 1. The molecule has 3 atom stereocenters. The summed E-state index contributed by atoms with van der Waals surface area (Å²) in [4.78, 5) is 45.8. The molecule has 0 heterocycles. The lowest BCUT2D eigenvalue weighted by molar-refractivity contribution is -0.147. The first-order valence-corrected chi connectivity index (χ1v) is 22.0. The van der Waals surface area contributed by atoms with Crippen LogP contribution in [0, 0.1) is 0 Å². The molecule has 0 aromatic rings. The van der Waals surface area contributed by atoms with Crippen LogP contribution in [0.4, 0.5) is 0 Å². The molecule has 11 nitrogen and oxygen atoms in total. The van der Waals surface area contributed by atoms with E-state index in [2.05, 4.69) is 55.6 Å². The third-order valence-corrected chi connectivity index (χ3v) is 9.64. The fraction of sp³-hybridized carbons (Fsp3) is 0.780. The first-order valence-electron chi connectivity index (χ1n) is 20.5. The van der Waals surface area contributed by atoms with Crippen molar-refractivity contribution in [2.24, 2.45) is 0 Å². The van der Waals surface area contributed by atoms with Gasteiger partial charge in [-0.3, -0.25) is 18.6 Å². The number of aliphatic hydroxyl groups excluding tert-OH is 1. The molecule has 0 aliphatic carbocycles. The van der Waals surface area contributed by atoms with E-state index in [1.165, 1.54) is 64.2 Å². The molecular weight excluding hydrogens is 697 g/mol. The minimum absolute atomic E-state index is 0.126. The van der Waals surface area contributed by atoms with Gasteiger partial charge in [-0.2, -0.15) is 0 Å². The van der Waals surface area contributed by atoms with Crippen molar-refractivity contribution in [1.29, 1.82) is 0 Å². The number of hydrogen-bond donors (Lipinski definition) is 4. The highest BCUT2D eigenvalue weighted by Crippen LogP contribution is 2.43. The third kappa shape index (κ3) is 36.4. The molecule has 12 heteroatoms. The van der Waals surface area contributed by atoms with E-state index in [1.807, 2.05) is 0 Å². The Morgan fingerprint density at radius 1 is 0.623 bits per heavy atom. The molecule has 4 N–H and O–H groups in total. The van der Waals surface area contributed by atoms with Gasteiger partial charge in [0.25, 0.3) is 0 Å². The summed E-state index contributed by atoms with van der Waals surface area (Å²) in [6.07, 6.45) is 37.4. The first-order chi connectivity index (χ1) is 25.6. The topological polar surface area (TPSA) is 169 Å². The Kier molecular flexibility index (Phi) is 35.1. The monoisotopic (exact) mass is 772 g/mol. The van der Waals surface area contributed by atoms with Gasteiger partial charge >= 0.3 is 19.8 Å². The van der Waals surface area contributed by atoms with Crippen LogP contribution in [-0.4, -0.2) is 64.9 Å². The highest BCUT2D eigenvalue weighted by Gasteiger charge is 2.28. The second-order valence-corrected chi connectivity index (χ2v) is 15.3. The Hall–Kier alpha value is -2.30. The number of carbonyl (C=O) groups excluding carboxylic acids is 2. The van der Waals surface area contributed by atoms with E-state index in [9.17, 15) is 34.1 Å². The number of carboxylic acid groups (broad SMARTS) is 1. The Morgan fingerprint density at radius 2 is 1.09 bits per heavy atom. The number of hydrogen-bond acceptors (Lipinski definition) is 8. The van der Waals surface area contributed by atoms with Crippen LogP contribution in [0.1, 0.15) is 174 Å². The molecule has 0 radical (unpaired) electrons. The normalized spacial score (nSPS) is 14.2. The maximum atomic E-state index is 12.3. The van der Waals surface area contributed by atoms with E-state index in [-0.39, 0.29) is 12.8 Å². The van der Waals surface area contributed by atoms with E-state index >= 15 is 0 Å². The quantitative estimate of drug-likeness (QED) is 0.0205. The average Bonchev–Trinajstić information content (AvgIpc) is 3.13. The molecule has 3 unspecified atom stereocenters. The Balaban J connectivity index is 3.95. The van der Waals surface area contributed by atoms with Gasteiger partial charge in [0.05, 0.1) is 13.2 Å². The third-order valence-electron chi connectivity index (χ3n) is 8.69. The second-order valence-electron chi connectivity index (χ2n) is 13.8. The molecular formula is C41H74NO10P. The average molecular weight is 772 g/mol. The number of phosphoric acid groups is 1. The number of aliphatic hydroxyl groups is 1. The Labute approximate surface area is 321 Å². The predicted molar refractivity (Wildman–Crippen MR) is 212 cm³/mol. The van der Waals surface area contributed by atoms with Crippen LogP contribution in [0.15, 0.2) is 36.5 Å². The predicted octanol–water partition coefficient (Wildman–Crippen LogP) is 10.1. The largest absolute Gasteiger partial charge is 0.480 e. The molecule has 0 aromatic carbocycles. The van der Waals surface area contributed by atoms with Crippen molar-refractivity contribution in [2.45, 2.75) is 187 Å². The maximum absolute atomic E-state index is 12.3. The van der Waals surface area contributed by atoms with Crippen molar-refractivity contribution < 1.29 is 47.8 Å². The number of carboxylic acids is 1. The molecule has 1 amide bonds. The zero-order chi connectivity index (χ0) is 39.3. The number of rotatable bonds is 38. The number of allylic oxidation sites excluding steroid dienone is 6. The second kappa shape index (κ2) is 36.7. The number of esters is 1. The van der Waals surface area contributed by atoms with E-state index < -0.39 is 57.6 Å². The molecule has 0 bridgehead atoms. The summed E-state index contributed by atoms with van der Waals surface area (Å²) >= 11 is 0.